The first-order valence-electron chi connectivity index (χ1n) is 4.25. The van der Waals surface area contributed by atoms with Crippen LogP contribution in [0.3, 0.4) is 0 Å². The maximum atomic E-state index is 13.3. The first-order chi connectivity index (χ1) is 7.58. The number of hydrogen-bond acceptors (Lipinski definition) is 3. The summed E-state index contributed by atoms with van der Waals surface area (Å²) in [7, 11) is 0. The number of phenolic OH excluding ortho intramolecular Hbond substituents is 1. The van der Waals surface area contributed by atoms with Crippen LogP contribution >= 0.6 is 11.6 Å². The van der Waals surface area contributed by atoms with E-state index in [0.29, 0.717) is 0 Å². The summed E-state index contributed by atoms with van der Waals surface area (Å²) < 4.78 is 26.1. The molecule has 1 heterocycles. The molecule has 0 aliphatic carbocycles. The third-order valence-corrected chi connectivity index (χ3v) is 2.12. The highest BCUT2D eigenvalue weighted by atomic mass is 35.5. The first-order valence-corrected chi connectivity index (χ1v) is 4.62. The van der Waals surface area contributed by atoms with Gasteiger partial charge in [-0.25, -0.2) is 18.7 Å². The number of phenols is 1. The second-order valence-corrected chi connectivity index (χ2v) is 3.34. The highest BCUT2D eigenvalue weighted by molar-refractivity contribution is 6.28. The molecular formula is C10H5ClF2N2O. The molecule has 2 aromatic rings. The van der Waals surface area contributed by atoms with Crippen molar-refractivity contribution < 1.29 is 13.9 Å². The van der Waals surface area contributed by atoms with Crippen LogP contribution in [0, 0.1) is 11.6 Å². The summed E-state index contributed by atoms with van der Waals surface area (Å²) in [6.07, 6.45) is 0.908. The summed E-state index contributed by atoms with van der Waals surface area (Å²) in [6, 6.07) is 3.37. The molecule has 0 bridgehead atoms. The average Bonchev–Trinajstić information content (AvgIpc) is 2.26. The SMILES string of the molecule is Oc1cc(-c2nc(Cl)ncc2F)ccc1F. The highest BCUT2D eigenvalue weighted by Gasteiger charge is 2.10. The van der Waals surface area contributed by atoms with Crippen molar-refractivity contribution in [2.45, 2.75) is 0 Å². The van der Waals surface area contributed by atoms with Gasteiger partial charge in [0, 0.05) is 5.56 Å². The Bertz CT molecular complexity index is 548. The van der Waals surface area contributed by atoms with Crippen LogP contribution in [-0.2, 0) is 0 Å². The van der Waals surface area contributed by atoms with Gasteiger partial charge in [0.05, 0.1) is 6.20 Å². The molecule has 0 saturated carbocycles. The molecule has 0 fully saturated rings. The van der Waals surface area contributed by atoms with Crippen molar-refractivity contribution in [1.29, 1.82) is 0 Å². The van der Waals surface area contributed by atoms with Crippen molar-refractivity contribution >= 4 is 11.6 Å². The summed E-state index contributed by atoms with van der Waals surface area (Å²) in [5, 5.41) is 9.02. The number of hydrogen-bond donors (Lipinski definition) is 1. The van der Waals surface area contributed by atoms with Crippen LogP contribution in [0.25, 0.3) is 11.3 Å². The quantitative estimate of drug-likeness (QED) is 0.782. The molecule has 0 unspecified atom stereocenters. The van der Waals surface area contributed by atoms with E-state index in [4.69, 9.17) is 16.7 Å². The Hall–Kier alpha value is -1.75. The van der Waals surface area contributed by atoms with Crippen molar-refractivity contribution in [3.05, 3.63) is 41.3 Å². The molecule has 82 valence electrons. The van der Waals surface area contributed by atoms with E-state index in [1.54, 1.807) is 0 Å². The molecule has 0 spiro atoms. The summed E-state index contributed by atoms with van der Waals surface area (Å²) >= 11 is 5.51. The molecule has 0 saturated heterocycles. The molecule has 2 rings (SSSR count). The van der Waals surface area contributed by atoms with E-state index in [1.165, 1.54) is 6.07 Å². The third-order valence-electron chi connectivity index (χ3n) is 1.93. The molecule has 0 radical (unpaired) electrons. The van der Waals surface area contributed by atoms with Crippen molar-refractivity contribution in [3.8, 4) is 17.0 Å². The number of nitrogens with zero attached hydrogens (tertiary/aromatic N) is 2. The van der Waals surface area contributed by atoms with E-state index in [-0.39, 0.29) is 16.5 Å². The summed E-state index contributed by atoms with van der Waals surface area (Å²) in [4.78, 5) is 7.11. The topological polar surface area (TPSA) is 46.0 Å². The van der Waals surface area contributed by atoms with Crippen molar-refractivity contribution in [1.82, 2.24) is 9.97 Å². The van der Waals surface area contributed by atoms with Crippen LogP contribution in [0.15, 0.2) is 24.4 Å². The minimum Gasteiger partial charge on any atom is -0.505 e. The summed E-state index contributed by atoms with van der Waals surface area (Å²) in [5.41, 5.74) is 0.135. The zero-order valence-corrected chi connectivity index (χ0v) is 8.54. The van der Waals surface area contributed by atoms with Crippen LogP contribution in [-0.4, -0.2) is 15.1 Å². The largest absolute Gasteiger partial charge is 0.505 e. The van der Waals surface area contributed by atoms with E-state index in [1.807, 2.05) is 0 Å². The highest BCUT2D eigenvalue weighted by Crippen LogP contribution is 2.26. The van der Waals surface area contributed by atoms with Gasteiger partial charge in [-0.2, -0.15) is 0 Å². The maximum absolute atomic E-state index is 13.3. The minimum absolute atomic E-state index is 0.0877. The van der Waals surface area contributed by atoms with Gasteiger partial charge in [0.2, 0.25) is 5.28 Å². The molecule has 1 aromatic heterocycles. The van der Waals surface area contributed by atoms with E-state index < -0.39 is 17.4 Å². The fourth-order valence-electron chi connectivity index (χ4n) is 1.21. The fraction of sp³-hybridized carbons (Fsp3) is 0. The molecule has 0 atom stereocenters. The lowest BCUT2D eigenvalue weighted by Gasteiger charge is -2.03. The van der Waals surface area contributed by atoms with Crippen molar-refractivity contribution in [2.24, 2.45) is 0 Å². The van der Waals surface area contributed by atoms with Gasteiger partial charge in [-0.15, -0.1) is 0 Å². The van der Waals surface area contributed by atoms with Gasteiger partial charge < -0.3 is 5.11 Å². The predicted octanol–water partition coefficient (Wildman–Crippen LogP) is 2.78. The minimum atomic E-state index is -0.788. The van der Waals surface area contributed by atoms with Crippen LogP contribution in [0.2, 0.25) is 5.28 Å². The third kappa shape index (κ3) is 1.94. The van der Waals surface area contributed by atoms with Gasteiger partial charge in [-0.3, -0.25) is 0 Å². The van der Waals surface area contributed by atoms with Gasteiger partial charge in [0.15, 0.2) is 17.4 Å². The monoisotopic (exact) mass is 242 g/mol. The normalized spacial score (nSPS) is 10.4. The molecule has 0 aliphatic heterocycles. The Kier molecular flexibility index (Phi) is 2.70. The molecule has 0 amide bonds. The molecular weight excluding hydrogens is 238 g/mol. The Morgan fingerprint density at radius 1 is 1.19 bits per heavy atom. The molecule has 6 heteroatoms. The Morgan fingerprint density at radius 3 is 2.62 bits per heavy atom. The lowest BCUT2D eigenvalue weighted by molar-refractivity contribution is 0.432. The number of benzene rings is 1. The Labute approximate surface area is 94.4 Å². The van der Waals surface area contributed by atoms with E-state index >= 15 is 0 Å². The van der Waals surface area contributed by atoms with Crippen LogP contribution < -0.4 is 0 Å². The first kappa shape index (κ1) is 10.8. The van der Waals surface area contributed by atoms with Crippen LogP contribution in [0.4, 0.5) is 8.78 Å². The van der Waals surface area contributed by atoms with Crippen LogP contribution in [0.5, 0.6) is 5.75 Å². The molecule has 1 N–H and O–H groups in total. The Morgan fingerprint density at radius 2 is 1.94 bits per heavy atom. The van der Waals surface area contributed by atoms with Gasteiger partial charge in [-0.1, -0.05) is 0 Å². The van der Waals surface area contributed by atoms with Crippen molar-refractivity contribution in [3.63, 3.8) is 0 Å². The zero-order chi connectivity index (χ0) is 11.7. The second kappa shape index (κ2) is 4.02. The number of aromatic hydroxyl groups is 1. The summed E-state index contributed by atoms with van der Waals surface area (Å²) in [5.74, 6) is -2.06. The van der Waals surface area contributed by atoms with Crippen molar-refractivity contribution in [2.75, 3.05) is 0 Å². The van der Waals surface area contributed by atoms with Crippen LogP contribution in [0.1, 0.15) is 0 Å². The fourth-order valence-corrected chi connectivity index (χ4v) is 1.34. The number of rotatable bonds is 1. The number of aromatic nitrogens is 2. The average molecular weight is 243 g/mol. The lowest BCUT2D eigenvalue weighted by Crippen LogP contribution is -1.92. The molecule has 1 aromatic carbocycles. The molecule has 3 nitrogen and oxygen atoms in total. The van der Waals surface area contributed by atoms with E-state index in [0.717, 1.165) is 18.3 Å². The van der Waals surface area contributed by atoms with Gasteiger partial charge >= 0.3 is 0 Å². The predicted molar refractivity (Wildman–Crippen MR) is 54.1 cm³/mol. The lowest BCUT2D eigenvalue weighted by atomic mass is 10.1. The van der Waals surface area contributed by atoms with Gasteiger partial charge in [0.1, 0.15) is 5.69 Å². The van der Waals surface area contributed by atoms with E-state index in [2.05, 4.69) is 9.97 Å². The Balaban J connectivity index is 2.58. The second-order valence-electron chi connectivity index (χ2n) is 3.00. The summed E-state index contributed by atoms with van der Waals surface area (Å²) in [6.45, 7) is 0. The van der Waals surface area contributed by atoms with Gasteiger partial charge in [-0.05, 0) is 29.8 Å². The zero-order valence-electron chi connectivity index (χ0n) is 7.78. The van der Waals surface area contributed by atoms with E-state index in [9.17, 15) is 8.78 Å². The molecule has 16 heavy (non-hydrogen) atoms. The molecule has 0 aliphatic rings. The standard InChI is InChI=1S/C10H5ClF2N2O/c11-10-14-4-7(13)9(15-10)5-1-2-6(12)8(16)3-5/h1-4,16H. The van der Waals surface area contributed by atoms with Gasteiger partial charge in [0.25, 0.3) is 0 Å². The smallest absolute Gasteiger partial charge is 0.223 e. The number of halogens is 3. The maximum Gasteiger partial charge on any atom is 0.223 e.